The molecular formula is C7H9NO+. The summed E-state index contributed by atoms with van der Waals surface area (Å²) in [5.74, 6) is 0. The summed E-state index contributed by atoms with van der Waals surface area (Å²) in [7, 11) is 0. The largest absolute Gasteiger partial charge is 0.390 e. The van der Waals surface area contributed by atoms with E-state index in [4.69, 9.17) is 5.11 Å². The summed E-state index contributed by atoms with van der Waals surface area (Å²) in [6, 6.07) is 6.61. The van der Waals surface area contributed by atoms with Crippen LogP contribution in [0.25, 0.3) is 0 Å². The summed E-state index contributed by atoms with van der Waals surface area (Å²) < 4.78 is 1.88. The second kappa shape index (κ2) is 3.20. The number of rotatable bonds is 2. The van der Waals surface area contributed by atoms with Crippen molar-refractivity contribution in [1.29, 1.82) is 0 Å². The summed E-state index contributed by atoms with van der Waals surface area (Å²) >= 11 is 0. The molecule has 9 heavy (non-hydrogen) atoms. The van der Waals surface area contributed by atoms with Crippen LogP contribution in [0.5, 0.6) is 0 Å². The molecule has 1 aromatic heterocycles. The highest BCUT2D eigenvalue weighted by Crippen LogP contribution is 1.73. The van der Waals surface area contributed by atoms with Gasteiger partial charge in [-0.3, -0.25) is 0 Å². The van der Waals surface area contributed by atoms with Crippen LogP contribution in [0.2, 0.25) is 0 Å². The van der Waals surface area contributed by atoms with E-state index in [0.29, 0.717) is 6.54 Å². The Balaban J connectivity index is 2.61. The molecule has 47 valence electrons. The Bertz CT molecular complexity index is 162. The number of aliphatic hydroxyl groups excluding tert-OH is 1. The van der Waals surface area contributed by atoms with Gasteiger partial charge in [0.25, 0.3) is 0 Å². The lowest BCUT2D eigenvalue weighted by atomic mass is 10.5. The van der Waals surface area contributed by atoms with E-state index in [1.54, 1.807) is 6.20 Å². The summed E-state index contributed by atoms with van der Waals surface area (Å²) in [4.78, 5) is 0. The van der Waals surface area contributed by atoms with Crippen molar-refractivity contribution < 1.29 is 9.67 Å². The van der Waals surface area contributed by atoms with Crippen LogP contribution in [-0.2, 0) is 6.54 Å². The third-order valence-corrected chi connectivity index (χ3v) is 1.07. The van der Waals surface area contributed by atoms with Crippen molar-refractivity contribution in [2.75, 3.05) is 6.61 Å². The van der Waals surface area contributed by atoms with Crippen LogP contribution in [0, 0.1) is 6.07 Å². The first kappa shape index (κ1) is 6.23. The molecule has 0 atom stereocenters. The van der Waals surface area contributed by atoms with Gasteiger partial charge in [0.15, 0.2) is 18.9 Å². The molecule has 0 spiro atoms. The zero-order chi connectivity index (χ0) is 6.53. The van der Waals surface area contributed by atoms with Gasteiger partial charge in [0, 0.05) is 6.07 Å². The number of hydrogen-bond donors (Lipinski definition) is 1. The standard InChI is InChI=1S/C7H9NO/c9-7-6-8-4-2-1-3-5-8/h1-2,4-5,9H,6-7H2/q+1. The van der Waals surface area contributed by atoms with Crippen molar-refractivity contribution in [2.45, 2.75) is 6.54 Å². The number of hydrogen-bond acceptors (Lipinski definition) is 1. The minimum atomic E-state index is 0.183. The van der Waals surface area contributed by atoms with Crippen LogP contribution in [0.4, 0.5) is 0 Å². The van der Waals surface area contributed by atoms with E-state index in [0.717, 1.165) is 0 Å². The molecule has 2 nitrogen and oxygen atoms in total. The lowest BCUT2D eigenvalue weighted by Gasteiger charge is -1.88. The topological polar surface area (TPSA) is 24.1 Å². The van der Waals surface area contributed by atoms with Crippen molar-refractivity contribution in [2.24, 2.45) is 0 Å². The highest BCUT2D eigenvalue weighted by Gasteiger charge is 1.92. The molecule has 0 aromatic carbocycles. The SMILES string of the molecule is OCC[n+]1c[c]ccc1. The van der Waals surface area contributed by atoms with E-state index < -0.39 is 0 Å². The number of aliphatic hydroxyl groups is 1. The fourth-order valence-electron chi connectivity index (χ4n) is 0.645. The van der Waals surface area contributed by atoms with Crippen LogP contribution in [0.15, 0.2) is 24.5 Å². The van der Waals surface area contributed by atoms with E-state index >= 15 is 0 Å². The number of aromatic nitrogens is 1. The molecule has 0 fully saturated rings. The molecule has 0 amide bonds. The highest BCUT2D eigenvalue weighted by molar-refractivity contribution is 4.81. The van der Waals surface area contributed by atoms with Gasteiger partial charge in [0.1, 0.15) is 6.61 Å². The Morgan fingerprint density at radius 3 is 3.00 bits per heavy atom. The van der Waals surface area contributed by atoms with Crippen molar-refractivity contribution in [3.8, 4) is 0 Å². The summed E-state index contributed by atoms with van der Waals surface area (Å²) in [5, 5.41) is 8.48. The van der Waals surface area contributed by atoms with Gasteiger partial charge in [-0.15, -0.1) is 0 Å². The van der Waals surface area contributed by atoms with E-state index in [1.165, 1.54) is 0 Å². The molecule has 0 aliphatic rings. The predicted octanol–water partition coefficient (Wildman–Crippen LogP) is -0.233. The molecule has 0 aliphatic carbocycles. The Morgan fingerprint density at radius 2 is 2.44 bits per heavy atom. The summed E-state index contributed by atoms with van der Waals surface area (Å²) in [6.45, 7) is 0.833. The molecule has 1 rings (SSSR count). The third kappa shape index (κ3) is 1.82. The first-order chi connectivity index (χ1) is 4.43. The van der Waals surface area contributed by atoms with Gasteiger partial charge in [0.05, 0.1) is 6.07 Å². The molecular weight excluding hydrogens is 114 g/mol. The van der Waals surface area contributed by atoms with Gasteiger partial charge < -0.3 is 5.11 Å². The number of nitrogens with zero attached hydrogens (tertiary/aromatic N) is 1. The maximum Gasteiger partial charge on any atom is 0.176 e. The van der Waals surface area contributed by atoms with Gasteiger partial charge in [-0.1, -0.05) is 0 Å². The fourth-order valence-corrected chi connectivity index (χ4v) is 0.645. The van der Waals surface area contributed by atoms with Crippen molar-refractivity contribution in [3.63, 3.8) is 0 Å². The monoisotopic (exact) mass is 123 g/mol. The van der Waals surface area contributed by atoms with Crippen LogP contribution < -0.4 is 4.57 Å². The van der Waals surface area contributed by atoms with Crippen LogP contribution in [0.1, 0.15) is 0 Å². The van der Waals surface area contributed by atoms with Crippen LogP contribution >= 0.6 is 0 Å². The number of pyridine rings is 1. The zero-order valence-electron chi connectivity index (χ0n) is 5.12. The maximum atomic E-state index is 8.48. The van der Waals surface area contributed by atoms with E-state index in [-0.39, 0.29) is 6.61 Å². The smallest absolute Gasteiger partial charge is 0.176 e. The molecule has 1 aromatic rings. The average Bonchev–Trinajstić information content (AvgIpc) is 1.91. The molecule has 0 saturated carbocycles. The first-order valence-corrected chi connectivity index (χ1v) is 2.89. The maximum absolute atomic E-state index is 8.48. The normalized spacial score (nSPS) is 9.44. The second-order valence-corrected chi connectivity index (χ2v) is 1.77. The van der Waals surface area contributed by atoms with Gasteiger partial charge in [-0.25, -0.2) is 4.57 Å². The minimum absolute atomic E-state index is 0.183. The zero-order valence-corrected chi connectivity index (χ0v) is 5.12. The second-order valence-electron chi connectivity index (χ2n) is 1.77. The Kier molecular flexibility index (Phi) is 2.22. The quantitative estimate of drug-likeness (QED) is 0.539. The first-order valence-electron chi connectivity index (χ1n) is 2.89. The van der Waals surface area contributed by atoms with Gasteiger partial charge >= 0.3 is 0 Å². The Labute approximate surface area is 54.4 Å². The van der Waals surface area contributed by atoms with Gasteiger partial charge in [-0.05, 0) is 6.07 Å². The van der Waals surface area contributed by atoms with Crippen molar-refractivity contribution >= 4 is 0 Å². The molecule has 0 aliphatic heterocycles. The van der Waals surface area contributed by atoms with Gasteiger partial charge in [0.2, 0.25) is 0 Å². The predicted molar refractivity (Wildman–Crippen MR) is 32.6 cm³/mol. The molecule has 1 N–H and O–H groups in total. The van der Waals surface area contributed by atoms with Crippen molar-refractivity contribution in [1.82, 2.24) is 0 Å². The molecule has 0 unspecified atom stereocenters. The molecule has 2 heteroatoms. The molecule has 0 saturated heterocycles. The van der Waals surface area contributed by atoms with Crippen LogP contribution in [0.3, 0.4) is 0 Å². The van der Waals surface area contributed by atoms with E-state index in [1.807, 2.05) is 22.9 Å². The Morgan fingerprint density at radius 1 is 1.56 bits per heavy atom. The van der Waals surface area contributed by atoms with Gasteiger partial charge in [-0.2, -0.15) is 0 Å². The molecule has 1 heterocycles. The Hall–Kier alpha value is -0.890. The molecule has 1 radical (unpaired) electrons. The summed E-state index contributed by atoms with van der Waals surface area (Å²) in [5.41, 5.74) is 0. The lowest BCUT2D eigenvalue weighted by Crippen LogP contribution is -2.34. The van der Waals surface area contributed by atoms with E-state index in [9.17, 15) is 0 Å². The fraction of sp³-hybridized carbons (Fsp3) is 0.286. The van der Waals surface area contributed by atoms with Crippen LogP contribution in [-0.4, -0.2) is 11.7 Å². The minimum Gasteiger partial charge on any atom is -0.390 e. The molecule has 0 bridgehead atoms. The highest BCUT2D eigenvalue weighted by atomic mass is 16.3. The summed E-state index contributed by atoms with van der Waals surface area (Å²) in [6.07, 6.45) is 3.70. The van der Waals surface area contributed by atoms with E-state index in [2.05, 4.69) is 6.07 Å². The third-order valence-electron chi connectivity index (χ3n) is 1.07. The average molecular weight is 123 g/mol. The lowest BCUT2D eigenvalue weighted by molar-refractivity contribution is -0.698. The van der Waals surface area contributed by atoms with Crippen molar-refractivity contribution in [3.05, 3.63) is 30.6 Å².